The lowest BCUT2D eigenvalue weighted by molar-refractivity contribution is -0.121. The molecule has 2 rings (SSSR count). The first-order chi connectivity index (χ1) is 8.65. The quantitative estimate of drug-likeness (QED) is 0.758. The summed E-state index contributed by atoms with van der Waals surface area (Å²) in [5.74, 6) is 0.983. The monoisotopic (exact) mass is 246 g/mol. The number of nitrogens with one attached hydrogen (secondary N) is 1. The van der Waals surface area contributed by atoms with Gasteiger partial charge in [0.1, 0.15) is 0 Å². The summed E-state index contributed by atoms with van der Waals surface area (Å²) in [6, 6.07) is 8.04. The van der Waals surface area contributed by atoms with E-state index in [4.69, 9.17) is 5.73 Å². The highest BCUT2D eigenvalue weighted by atomic mass is 16.1. The molecule has 3 nitrogen and oxygen atoms in total. The molecule has 1 unspecified atom stereocenters. The molecule has 1 aliphatic carbocycles. The van der Waals surface area contributed by atoms with Crippen molar-refractivity contribution in [3.63, 3.8) is 0 Å². The Bertz CT molecular complexity index is 413. The number of amides is 1. The number of carbonyl (C=O) groups excluding carboxylic acids is 1. The lowest BCUT2D eigenvalue weighted by Gasteiger charge is -2.13. The van der Waals surface area contributed by atoms with E-state index in [1.165, 1.54) is 12.8 Å². The van der Waals surface area contributed by atoms with Gasteiger partial charge in [-0.25, -0.2) is 0 Å². The molecular weight excluding hydrogens is 224 g/mol. The Hall–Kier alpha value is -1.51. The summed E-state index contributed by atoms with van der Waals surface area (Å²) in [5.41, 5.74) is 7.68. The van der Waals surface area contributed by atoms with Crippen molar-refractivity contribution in [2.45, 2.75) is 45.1 Å². The molecule has 98 valence electrons. The van der Waals surface area contributed by atoms with Crippen LogP contribution in [0.15, 0.2) is 24.3 Å². The van der Waals surface area contributed by atoms with Crippen molar-refractivity contribution < 1.29 is 4.79 Å². The van der Waals surface area contributed by atoms with Gasteiger partial charge in [0.15, 0.2) is 0 Å². The van der Waals surface area contributed by atoms with Crippen LogP contribution in [-0.4, -0.2) is 11.9 Å². The highest BCUT2D eigenvalue weighted by molar-refractivity contribution is 5.76. The van der Waals surface area contributed by atoms with Gasteiger partial charge in [0.25, 0.3) is 0 Å². The molecule has 0 aliphatic heterocycles. The smallest absolute Gasteiger partial charge is 0.220 e. The van der Waals surface area contributed by atoms with E-state index in [2.05, 4.69) is 12.2 Å². The van der Waals surface area contributed by atoms with Gasteiger partial charge >= 0.3 is 0 Å². The van der Waals surface area contributed by atoms with Crippen LogP contribution in [0, 0.1) is 5.92 Å². The molecule has 1 aromatic carbocycles. The van der Waals surface area contributed by atoms with Crippen molar-refractivity contribution >= 4 is 11.6 Å². The summed E-state index contributed by atoms with van der Waals surface area (Å²) in [7, 11) is 0. The van der Waals surface area contributed by atoms with Crippen LogP contribution in [0.25, 0.3) is 0 Å². The molecule has 1 fully saturated rings. The van der Waals surface area contributed by atoms with Crippen molar-refractivity contribution in [1.29, 1.82) is 0 Å². The Labute approximate surface area is 109 Å². The number of benzene rings is 1. The van der Waals surface area contributed by atoms with Crippen LogP contribution in [0.1, 0.15) is 38.2 Å². The summed E-state index contributed by atoms with van der Waals surface area (Å²) >= 11 is 0. The first-order valence-electron chi connectivity index (χ1n) is 6.78. The molecule has 1 aliphatic rings. The van der Waals surface area contributed by atoms with Crippen molar-refractivity contribution in [1.82, 2.24) is 5.32 Å². The lowest BCUT2D eigenvalue weighted by Crippen LogP contribution is -2.33. The van der Waals surface area contributed by atoms with Gasteiger partial charge in [0.05, 0.1) is 0 Å². The fourth-order valence-corrected chi connectivity index (χ4v) is 2.27. The van der Waals surface area contributed by atoms with Gasteiger partial charge in [-0.05, 0) is 37.3 Å². The van der Waals surface area contributed by atoms with E-state index in [0.717, 1.165) is 23.6 Å². The lowest BCUT2D eigenvalue weighted by atomic mass is 10.1. The maximum absolute atomic E-state index is 11.8. The van der Waals surface area contributed by atoms with Crippen molar-refractivity contribution in [3.8, 4) is 0 Å². The second kappa shape index (κ2) is 5.89. The van der Waals surface area contributed by atoms with Gasteiger partial charge in [-0.1, -0.05) is 31.0 Å². The largest absolute Gasteiger partial charge is 0.399 e. The molecule has 0 radical (unpaired) electrons. The summed E-state index contributed by atoms with van der Waals surface area (Å²) in [6.45, 7) is 2.09. The van der Waals surface area contributed by atoms with Crippen LogP contribution >= 0.6 is 0 Å². The molecule has 3 N–H and O–H groups in total. The third-order valence-corrected chi connectivity index (χ3v) is 3.47. The molecule has 1 aromatic rings. The number of nitrogens with two attached hydrogens (primary N) is 1. The van der Waals surface area contributed by atoms with E-state index in [-0.39, 0.29) is 5.91 Å². The van der Waals surface area contributed by atoms with Crippen molar-refractivity contribution in [2.75, 3.05) is 5.73 Å². The molecule has 0 bridgehead atoms. The van der Waals surface area contributed by atoms with Gasteiger partial charge in [-0.15, -0.1) is 0 Å². The van der Waals surface area contributed by atoms with E-state index in [1.807, 2.05) is 24.3 Å². The Morgan fingerprint density at radius 3 is 2.83 bits per heavy atom. The van der Waals surface area contributed by atoms with E-state index < -0.39 is 0 Å². The van der Waals surface area contributed by atoms with E-state index in [0.29, 0.717) is 18.9 Å². The second-order valence-electron chi connectivity index (χ2n) is 5.35. The minimum atomic E-state index is 0.131. The molecule has 0 aromatic heterocycles. The van der Waals surface area contributed by atoms with Crippen molar-refractivity contribution in [3.05, 3.63) is 29.8 Å². The van der Waals surface area contributed by atoms with Gasteiger partial charge in [-0.3, -0.25) is 4.79 Å². The van der Waals surface area contributed by atoms with Crippen LogP contribution in [0.4, 0.5) is 5.69 Å². The van der Waals surface area contributed by atoms with E-state index >= 15 is 0 Å². The Morgan fingerprint density at radius 1 is 1.44 bits per heavy atom. The second-order valence-corrected chi connectivity index (χ2v) is 5.35. The number of para-hydroxylation sites is 1. The number of carbonyl (C=O) groups is 1. The SMILES string of the molecule is CC(CC1CC1)NC(=O)CCc1ccccc1N. The molecule has 18 heavy (non-hydrogen) atoms. The number of rotatable bonds is 6. The van der Waals surface area contributed by atoms with Crippen molar-refractivity contribution in [2.24, 2.45) is 5.92 Å². The average Bonchev–Trinajstić information content (AvgIpc) is 3.11. The molecule has 0 heterocycles. The Morgan fingerprint density at radius 2 is 2.17 bits per heavy atom. The fraction of sp³-hybridized carbons (Fsp3) is 0.533. The van der Waals surface area contributed by atoms with Gasteiger partial charge in [-0.2, -0.15) is 0 Å². The zero-order chi connectivity index (χ0) is 13.0. The molecule has 3 heteroatoms. The fourth-order valence-electron chi connectivity index (χ4n) is 2.27. The zero-order valence-corrected chi connectivity index (χ0v) is 11.0. The number of aryl methyl sites for hydroxylation is 1. The Balaban J connectivity index is 1.72. The van der Waals surface area contributed by atoms with Gasteiger partial charge in [0.2, 0.25) is 5.91 Å². The normalized spacial score (nSPS) is 16.3. The van der Waals surface area contributed by atoms with Crippen LogP contribution < -0.4 is 11.1 Å². The number of hydrogen-bond donors (Lipinski definition) is 2. The predicted molar refractivity (Wildman–Crippen MR) is 74.1 cm³/mol. The maximum atomic E-state index is 11.8. The maximum Gasteiger partial charge on any atom is 0.220 e. The molecular formula is C15H22N2O. The topological polar surface area (TPSA) is 55.1 Å². The molecule has 1 atom stereocenters. The van der Waals surface area contributed by atoms with Crippen LogP contribution in [0.2, 0.25) is 0 Å². The minimum absolute atomic E-state index is 0.131. The Kier molecular flexibility index (Phi) is 4.24. The third kappa shape index (κ3) is 4.06. The highest BCUT2D eigenvalue weighted by Crippen LogP contribution is 2.33. The summed E-state index contributed by atoms with van der Waals surface area (Å²) < 4.78 is 0. The first-order valence-corrected chi connectivity index (χ1v) is 6.78. The van der Waals surface area contributed by atoms with Crippen LogP contribution in [0.3, 0.4) is 0 Å². The standard InChI is InChI=1S/C15H22N2O/c1-11(10-12-6-7-12)17-15(18)9-8-13-4-2-3-5-14(13)16/h2-5,11-12H,6-10,16H2,1H3,(H,17,18). The summed E-state index contributed by atoms with van der Waals surface area (Å²) in [4.78, 5) is 11.8. The minimum Gasteiger partial charge on any atom is -0.399 e. The summed E-state index contributed by atoms with van der Waals surface area (Å²) in [6.07, 6.45) is 5.03. The molecule has 1 saturated carbocycles. The molecule has 1 amide bonds. The van der Waals surface area contributed by atoms with Gasteiger partial charge in [0, 0.05) is 18.2 Å². The third-order valence-electron chi connectivity index (χ3n) is 3.47. The average molecular weight is 246 g/mol. The van der Waals surface area contributed by atoms with Gasteiger partial charge < -0.3 is 11.1 Å². The van der Waals surface area contributed by atoms with E-state index in [9.17, 15) is 4.79 Å². The number of anilines is 1. The van der Waals surface area contributed by atoms with Crippen LogP contribution in [-0.2, 0) is 11.2 Å². The predicted octanol–water partition coefficient (Wildman–Crippen LogP) is 2.51. The number of hydrogen-bond acceptors (Lipinski definition) is 2. The first kappa shape index (κ1) is 12.9. The molecule has 0 spiro atoms. The van der Waals surface area contributed by atoms with E-state index in [1.54, 1.807) is 0 Å². The number of nitrogen functional groups attached to an aromatic ring is 1. The molecule has 0 saturated heterocycles. The summed E-state index contributed by atoms with van der Waals surface area (Å²) in [5, 5.41) is 3.06. The van der Waals surface area contributed by atoms with Crippen LogP contribution in [0.5, 0.6) is 0 Å². The highest BCUT2D eigenvalue weighted by Gasteiger charge is 2.24. The zero-order valence-electron chi connectivity index (χ0n) is 11.0.